The lowest BCUT2D eigenvalue weighted by Gasteiger charge is -2.35. The standard InChI is InChI=1S/C31H31Cl2N3O5/c1-18(2)30(38)34-16-22(37)17-40-23-8-3-19(4-9-23)29-28-25(26-15-21(33)7-12-27(26)35-28)13-14-36(29)31(39)41-24-10-5-20(32)6-11-24/h3-12,15,18,22,29,35,37H,13-14,16-17H2,1-2H3,(H,34,38). The highest BCUT2D eigenvalue weighted by Crippen LogP contribution is 2.40. The SMILES string of the molecule is CC(C)C(=O)NCC(O)COc1ccc(C2c3[nH]c4ccc(Cl)cc4c3CCN2C(=O)Oc2ccc(Cl)cc2)cc1. The van der Waals surface area contributed by atoms with Crippen LogP contribution in [0.1, 0.15) is 36.7 Å². The Bertz CT molecular complexity index is 1540. The molecule has 41 heavy (non-hydrogen) atoms. The van der Waals surface area contributed by atoms with Crippen molar-refractivity contribution in [1.29, 1.82) is 0 Å². The Balaban J connectivity index is 1.38. The van der Waals surface area contributed by atoms with Gasteiger partial charge in [0, 0.05) is 45.6 Å². The van der Waals surface area contributed by atoms with E-state index >= 15 is 0 Å². The van der Waals surface area contributed by atoms with Crippen LogP contribution in [-0.4, -0.2) is 52.8 Å². The molecule has 3 aromatic carbocycles. The number of aromatic amines is 1. The molecule has 0 radical (unpaired) electrons. The summed E-state index contributed by atoms with van der Waals surface area (Å²) in [5.74, 6) is 0.670. The van der Waals surface area contributed by atoms with Crippen LogP contribution in [0.3, 0.4) is 0 Å². The molecule has 0 saturated carbocycles. The van der Waals surface area contributed by atoms with Gasteiger partial charge in [-0.3, -0.25) is 9.69 Å². The van der Waals surface area contributed by atoms with Crippen molar-refractivity contribution in [2.45, 2.75) is 32.4 Å². The molecule has 1 aliphatic heterocycles. The Hall–Kier alpha value is -3.72. The number of hydrogen-bond donors (Lipinski definition) is 3. The van der Waals surface area contributed by atoms with Crippen molar-refractivity contribution in [2.75, 3.05) is 19.7 Å². The van der Waals surface area contributed by atoms with Crippen LogP contribution in [0.5, 0.6) is 11.5 Å². The summed E-state index contributed by atoms with van der Waals surface area (Å²) in [5, 5.41) is 15.1. The molecule has 214 valence electrons. The third-order valence-corrected chi connectivity index (χ3v) is 7.50. The minimum atomic E-state index is -0.852. The van der Waals surface area contributed by atoms with Crippen molar-refractivity contribution in [1.82, 2.24) is 15.2 Å². The number of carbonyl (C=O) groups is 2. The van der Waals surface area contributed by atoms with Gasteiger partial charge in [0.25, 0.3) is 0 Å². The Morgan fingerprint density at radius 2 is 1.71 bits per heavy atom. The molecule has 1 aliphatic rings. The van der Waals surface area contributed by atoms with Gasteiger partial charge in [0.1, 0.15) is 30.3 Å². The number of aliphatic hydroxyl groups excluding tert-OH is 1. The molecule has 0 spiro atoms. The Kier molecular flexibility index (Phi) is 8.73. The number of H-pyrrole nitrogens is 1. The van der Waals surface area contributed by atoms with Crippen molar-refractivity contribution in [2.24, 2.45) is 5.92 Å². The van der Waals surface area contributed by atoms with E-state index in [1.807, 2.05) is 30.3 Å². The number of rotatable bonds is 8. The summed E-state index contributed by atoms with van der Waals surface area (Å²) in [6.45, 7) is 4.15. The largest absolute Gasteiger partial charge is 0.491 e. The lowest BCUT2D eigenvalue weighted by molar-refractivity contribution is -0.124. The summed E-state index contributed by atoms with van der Waals surface area (Å²) in [5.41, 5.74) is 3.80. The molecule has 8 nitrogen and oxygen atoms in total. The lowest BCUT2D eigenvalue weighted by atomic mass is 9.92. The van der Waals surface area contributed by atoms with Crippen molar-refractivity contribution in [3.05, 3.63) is 93.6 Å². The van der Waals surface area contributed by atoms with Crippen LogP contribution in [0.2, 0.25) is 10.0 Å². The van der Waals surface area contributed by atoms with Crippen LogP contribution in [-0.2, 0) is 11.2 Å². The van der Waals surface area contributed by atoms with Crippen molar-refractivity contribution in [3.63, 3.8) is 0 Å². The van der Waals surface area contributed by atoms with Crippen LogP contribution in [0, 0.1) is 5.92 Å². The number of carbonyl (C=O) groups excluding carboxylic acids is 2. The maximum absolute atomic E-state index is 13.5. The molecule has 5 rings (SSSR count). The molecule has 3 N–H and O–H groups in total. The van der Waals surface area contributed by atoms with E-state index in [0.717, 1.165) is 27.7 Å². The number of nitrogens with zero attached hydrogens (tertiary/aromatic N) is 1. The van der Waals surface area contributed by atoms with Gasteiger partial charge in [-0.25, -0.2) is 4.79 Å². The second-order valence-electron chi connectivity index (χ2n) is 10.3. The van der Waals surface area contributed by atoms with Gasteiger partial charge in [0.05, 0.1) is 0 Å². The van der Waals surface area contributed by atoms with Crippen LogP contribution in [0.4, 0.5) is 4.79 Å². The lowest BCUT2D eigenvalue weighted by Crippen LogP contribution is -2.42. The number of aromatic nitrogens is 1. The molecule has 0 aliphatic carbocycles. The van der Waals surface area contributed by atoms with Crippen LogP contribution in [0.25, 0.3) is 10.9 Å². The summed E-state index contributed by atoms with van der Waals surface area (Å²) < 4.78 is 11.5. The maximum Gasteiger partial charge on any atom is 0.416 e. The first kappa shape index (κ1) is 28.8. The number of fused-ring (bicyclic) bond motifs is 3. The molecule has 2 atom stereocenters. The first-order chi connectivity index (χ1) is 19.7. The quantitative estimate of drug-likeness (QED) is 0.227. The fourth-order valence-electron chi connectivity index (χ4n) is 4.89. The highest BCUT2D eigenvalue weighted by Gasteiger charge is 2.35. The van der Waals surface area contributed by atoms with Gasteiger partial charge in [-0.2, -0.15) is 0 Å². The Labute approximate surface area is 248 Å². The number of hydrogen-bond acceptors (Lipinski definition) is 5. The minimum absolute atomic E-state index is 0.0214. The Morgan fingerprint density at radius 3 is 2.41 bits per heavy atom. The topological polar surface area (TPSA) is 104 Å². The van der Waals surface area contributed by atoms with Crippen molar-refractivity contribution >= 4 is 46.1 Å². The normalized spacial score (nSPS) is 15.5. The summed E-state index contributed by atoms with van der Waals surface area (Å²) in [4.78, 5) is 30.4. The molecular formula is C31H31Cl2N3O5. The molecule has 2 unspecified atom stereocenters. The number of amides is 2. The van der Waals surface area contributed by atoms with Crippen LogP contribution in [0.15, 0.2) is 66.7 Å². The van der Waals surface area contributed by atoms with E-state index in [2.05, 4.69) is 10.3 Å². The third kappa shape index (κ3) is 6.62. The van der Waals surface area contributed by atoms with Crippen LogP contribution >= 0.6 is 23.2 Å². The smallest absolute Gasteiger partial charge is 0.416 e. The predicted molar refractivity (Wildman–Crippen MR) is 159 cm³/mol. The second-order valence-corrected chi connectivity index (χ2v) is 11.2. The average Bonchev–Trinajstić information content (AvgIpc) is 3.33. The zero-order valence-electron chi connectivity index (χ0n) is 22.7. The van der Waals surface area contributed by atoms with E-state index in [0.29, 0.717) is 34.5 Å². The van der Waals surface area contributed by atoms with E-state index in [4.69, 9.17) is 32.7 Å². The third-order valence-electron chi connectivity index (χ3n) is 7.02. The molecule has 4 aromatic rings. The fourth-order valence-corrected chi connectivity index (χ4v) is 5.18. The summed E-state index contributed by atoms with van der Waals surface area (Å²) >= 11 is 12.3. The van der Waals surface area contributed by atoms with Gasteiger partial charge in [0.15, 0.2) is 0 Å². The van der Waals surface area contributed by atoms with E-state index in [9.17, 15) is 14.7 Å². The van der Waals surface area contributed by atoms with Crippen LogP contribution < -0.4 is 14.8 Å². The average molecular weight is 597 g/mol. The van der Waals surface area contributed by atoms with Gasteiger partial charge in [-0.1, -0.05) is 49.2 Å². The minimum Gasteiger partial charge on any atom is -0.491 e. The highest BCUT2D eigenvalue weighted by atomic mass is 35.5. The van der Waals surface area contributed by atoms with Gasteiger partial charge >= 0.3 is 6.09 Å². The highest BCUT2D eigenvalue weighted by molar-refractivity contribution is 6.31. The summed E-state index contributed by atoms with van der Waals surface area (Å²) in [7, 11) is 0. The molecule has 0 saturated heterocycles. The van der Waals surface area contributed by atoms with Gasteiger partial charge in [-0.05, 0) is 72.1 Å². The number of ether oxygens (including phenoxy) is 2. The zero-order chi connectivity index (χ0) is 29.1. The zero-order valence-corrected chi connectivity index (χ0v) is 24.2. The van der Waals surface area contributed by atoms with E-state index in [1.165, 1.54) is 0 Å². The number of benzene rings is 3. The molecule has 2 amide bonds. The molecule has 0 fully saturated rings. The number of halogens is 2. The second kappa shape index (κ2) is 12.4. The molecule has 1 aromatic heterocycles. The number of aliphatic hydroxyl groups is 1. The predicted octanol–water partition coefficient (Wildman–Crippen LogP) is 6.13. The first-order valence-electron chi connectivity index (χ1n) is 13.4. The Morgan fingerprint density at radius 1 is 1.02 bits per heavy atom. The molecule has 2 heterocycles. The first-order valence-corrected chi connectivity index (χ1v) is 14.2. The van der Waals surface area contributed by atoms with Crippen molar-refractivity contribution in [3.8, 4) is 11.5 Å². The maximum atomic E-state index is 13.5. The number of nitrogens with one attached hydrogen (secondary N) is 2. The fraction of sp³-hybridized carbons (Fsp3) is 0.290. The van der Waals surface area contributed by atoms with Crippen molar-refractivity contribution < 1.29 is 24.2 Å². The van der Waals surface area contributed by atoms with E-state index in [-0.39, 0.29) is 25.0 Å². The monoisotopic (exact) mass is 595 g/mol. The molecule has 10 heteroatoms. The summed E-state index contributed by atoms with van der Waals surface area (Å²) in [6.07, 6.45) is -0.699. The van der Waals surface area contributed by atoms with E-state index < -0.39 is 18.2 Å². The summed E-state index contributed by atoms with van der Waals surface area (Å²) in [6, 6.07) is 19.3. The van der Waals surface area contributed by atoms with Gasteiger partial charge in [-0.15, -0.1) is 0 Å². The van der Waals surface area contributed by atoms with E-state index in [1.54, 1.807) is 55.1 Å². The van der Waals surface area contributed by atoms with Gasteiger partial charge in [0.2, 0.25) is 5.91 Å². The van der Waals surface area contributed by atoms with Gasteiger partial charge < -0.3 is 24.9 Å². The molecular weight excluding hydrogens is 565 g/mol. The molecule has 0 bridgehead atoms.